The quantitative estimate of drug-likeness (QED) is 0.219. The normalized spacial score (nSPS) is 20.5. The molecular weight excluding hydrogens is 651 g/mol. The molecule has 2 atom stereocenters. The maximum Gasteiger partial charge on any atom is 2.00 e. The van der Waals surface area contributed by atoms with Gasteiger partial charge in [0.15, 0.2) is 0 Å². The Balaban J connectivity index is 0.000000225. The second-order valence-corrected chi connectivity index (χ2v) is 11.1. The van der Waals surface area contributed by atoms with Crippen molar-refractivity contribution >= 4 is 10.8 Å². The standard InChI is InChI=1S/C22H25N5.C9H7N.Pt/c1-6-14-12(2)18(25-24-14)15-8-7-9-16(23-15)19-17-13-10-11-22(5,21(13,3)4)20(17)27-26-19;1-2-4-9-7-10-6-5-8(9)3-1;/h7-9,13H,6,10-11H2,1-5H3;1-7H;/q-2;;+2. The summed E-state index contributed by atoms with van der Waals surface area (Å²) in [5.74, 6) is 0.514. The van der Waals surface area contributed by atoms with Gasteiger partial charge in [-0.15, -0.1) is 0 Å². The average molecular weight is 684 g/mol. The summed E-state index contributed by atoms with van der Waals surface area (Å²) in [7, 11) is 0. The summed E-state index contributed by atoms with van der Waals surface area (Å²) < 4.78 is 0. The molecule has 38 heavy (non-hydrogen) atoms. The largest absolute Gasteiger partial charge is 2.00 e. The van der Waals surface area contributed by atoms with Crippen molar-refractivity contribution in [2.24, 2.45) is 5.41 Å². The zero-order valence-electron chi connectivity index (χ0n) is 22.5. The van der Waals surface area contributed by atoms with E-state index in [-0.39, 0.29) is 31.9 Å². The number of hydrogen-bond donors (Lipinski definition) is 0. The number of fused-ring (bicyclic) bond motifs is 6. The van der Waals surface area contributed by atoms with E-state index in [4.69, 9.17) is 4.98 Å². The SMILES string of the molecule is CCc1n[n-]c(-c2cccc(-c3[n-]nc4c3C3CCC4(C)C3(C)C)n2)c1C.[Pt+2].c1ccc2cnccc2c1. The minimum absolute atomic E-state index is 0. The predicted octanol–water partition coefficient (Wildman–Crippen LogP) is 6.40. The summed E-state index contributed by atoms with van der Waals surface area (Å²) in [6, 6.07) is 16.3. The third kappa shape index (κ3) is 3.96. The van der Waals surface area contributed by atoms with E-state index in [2.05, 4.69) is 72.1 Å². The zero-order chi connectivity index (χ0) is 25.8. The number of nitrogens with zero attached hydrogens (tertiary/aromatic N) is 6. The van der Waals surface area contributed by atoms with Crippen LogP contribution >= 0.6 is 0 Å². The van der Waals surface area contributed by atoms with Crippen LogP contribution in [0.1, 0.15) is 69.0 Å². The van der Waals surface area contributed by atoms with E-state index in [1.54, 1.807) is 0 Å². The van der Waals surface area contributed by atoms with Crippen LogP contribution in [0.3, 0.4) is 0 Å². The van der Waals surface area contributed by atoms with Crippen molar-refractivity contribution in [2.75, 3.05) is 0 Å². The molecule has 2 bridgehead atoms. The van der Waals surface area contributed by atoms with Crippen LogP contribution in [0.5, 0.6) is 0 Å². The monoisotopic (exact) mass is 683 g/mol. The van der Waals surface area contributed by atoms with Gasteiger partial charge in [-0.2, -0.15) is 0 Å². The minimum Gasteiger partial charge on any atom is -0.573 e. The summed E-state index contributed by atoms with van der Waals surface area (Å²) in [5.41, 5.74) is 8.63. The molecule has 6 nitrogen and oxygen atoms in total. The third-order valence-corrected chi connectivity index (χ3v) is 9.04. The van der Waals surface area contributed by atoms with Crippen LogP contribution in [-0.4, -0.2) is 20.2 Å². The van der Waals surface area contributed by atoms with Gasteiger partial charge in [0.25, 0.3) is 0 Å². The van der Waals surface area contributed by atoms with Crippen LogP contribution in [0, 0.1) is 12.3 Å². The van der Waals surface area contributed by atoms with Crippen LogP contribution < -0.4 is 10.2 Å². The Morgan fingerprint density at radius 1 is 0.895 bits per heavy atom. The predicted molar refractivity (Wildman–Crippen MR) is 146 cm³/mol. The Labute approximate surface area is 238 Å². The van der Waals surface area contributed by atoms with Crippen molar-refractivity contribution in [3.05, 3.63) is 83.4 Å². The number of benzene rings is 1. The first-order valence-corrected chi connectivity index (χ1v) is 13.1. The van der Waals surface area contributed by atoms with Crippen molar-refractivity contribution in [3.63, 3.8) is 0 Å². The van der Waals surface area contributed by atoms with E-state index in [1.807, 2.05) is 48.8 Å². The molecule has 7 rings (SSSR count). The Morgan fingerprint density at radius 3 is 2.32 bits per heavy atom. The third-order valence-electron chi connectivity index (χ3n) is 9.04. The van der Waals surface area contributed by atoms with Crippen LogP contribution in [0.4, 0.5) is 0 Å². The molecule has 196 valence electrons. The number of rotatable bonds is 3. The molecule has 5 aromatic rings. The second-order valence-electron chi connectivity index (χ2n) is 11.1. The van der Waals surface area contributed by atoms with Gasteiger partial charge >= 0.3 is 21.1 Å². The molecular formula is C31H32N6Pt. The number of hydrogen-bond acceptors (Lipinski definition) is 4. The smallest absolute Gasteiger partial charge is 0.573 e. The fourth-order valence-corrected chi connectivity index (χ4v) is 6.38. The maximum atomic E-state index is 4.92. The maximum absolute atomic E-state index is 4.92. The Bertz CT molecular complexity index is 1530. The van der Waals surface area contributed by atoms with Gasteiger partial charge in [-0.05, 0) is 77.6 Å². The summed E-state index contributed by atoms with van der Waals surface area (Å²) in [6.45, 7) is 11.3. The Morgan fingerprint density at radius 2 is 1.61 bits per heavy atom. The van der Waals surface area contributed by atoms with E-state index in [0.29, 0.717) is 5.92 Å². The van der Waals surface area contributed by atoms with Crippen molar-refractivity contribution in [1.29, 1.82) is 0 Å². The molecule has 0 spiro atoms. The van der Waals surface area contributed by atoms with Gasteiger partial charge in [-0.1, -0.05) is 69.4 Å². The number of pyridine rings is 2. The Hall–Kier alpha value is -3.11. The van der Waals surface area contributed by atoms with Gasteiger partial charge in [0.2, 0.25) is 0 Å². The summed E-state index contributed by atoms with van der Waals surface area (Å²) in [5, 5.41) is 20.4. The van der Waals surface area contributed by atoms with Crippen molar-refractivity contribution in [1.82, 2.24) is 30.4 Å². The minimum atomic E-state index is 0. The molecule has 0 saturated heterocycles. The number of aryl methyl sites for hydroxylation is 1. The molecule has 0 N–H and O–H groups in total. The molecule has 1 fully saturated rings. The molecule has 2 aliphatic carbocycles. The van der Waals surface area contributed by atoms with Crippen molar-refractivity contribution in [2.45, 2.75) is 65.2 Å². The molecule has 7 heteroatoms. The summed E-state index contributed by atoms with van der Waals surface area (Å²) in [4.78, 5) is 8.93. The van der Waals surface area contributed by atoms with Gasteiger partial charge in [-0.25, -0.2) is 0 Å². The van der Waals surface area contributed by atoms with E-state index in [1.165, 1.54) is 34.9 Å². The van der Waals surface area contributed by atoms with E-state index >= 15 is 0 Å². The van der Waals surface area contributed by atoms with Gasteiger partial charge in [-0.3, -0.25) is 9.97 Å². The zero-order valence-corrected chi connectivity index (χ0v) is 24.7. The van der Waals surface area contributed by atoms with E-state index in [0.717, 1.165) is 40.5 Å². The first-order chi connectivity index (χ1) is 17.8. The van der Waals surface area contributed by atoms with Crippen molar-refractivity contribution < 1.29 is 21.1 Å². The van der Waals surface area contributed by atoms with Crippen LogP contribution in [0.25, 0.3) is 33.5 Å². The Kier molecular flexibility index (Phi) is 6.89. The molecule has 4 heterocycles. The molecule has 0 radical (unpaired) electrons. The molecule has 0 aliphatic heterocycles. The number of aromatic nitrogens is 6. The van der Waals surface area contributed by atoms with Gasteiger partial charge < -0.3 is 20.4 Å². The molecule has 1 saturated carbocycles. The molecule has 2 aliphatic rings. The first kappa shape index (κ1) is 26.5. The molecule has 2 unspecified atom stereocenters. The van der Waals surface area contributed by atoms with E-state index < -0.39 is 0 Å². The summed E-state index contributed by atoms with van der Waals surface area (Å²) >= 11 is 0. The fraction of sp³-hybridized carbons (Fsp3) is 0.355. The second kappa shape index (κ2) is 9.89. The van der Waals surface area contributed by atoms with E-state index in [9.17, 15) is 0 Å². The molecule has 0 amide bonds. The van der Waals surface area contributed by atoms with Crippen LogP contribution in [-0.2, 0) is 32.9 Å². The molecule has 1 aromatic carbocycles. The first-order valence-electron chi connectivity index (χ1n) is 13.1. The topological polar surface area (TPSA) is 79.8 Å². The van der Waals surface area contributed by atoms with Crippen molar-refractivity contribution in [3.8, 4) is 22.8 Å². The van der Waals surface area contributed by atoms with Crippen LogP contribution in [0.15, 0.2) is 60.9 Å². The average Bonchev–Trinajstić information content (AvgIpc) is 3.62. The molecule has 4 aromatic heterocycles. The fourth-order valence-electron chi connectivity index (χ4n) is 6.38. The van der Waals surface area contributed by atoms with Gasteiger partial charge in [0.05, 0.1) is 11.4 Å². The van der Waals surface area contributed by atoms with Crippen LogP contribution in [0.2, 0.25) is 0 Å². The van der Waals surface area contributed by atoms with Gasteiger partial charge in [0, 0.05) is 29.2 Å². The van der Waals surface area contributed by atoms with Gasteiger partial charge in [0.1, 0.15) is 0 Å². The summed E-state index contributed by atoms with van der Waals surface area (Å²) in [6.07, 6.45) is 6.97.